The second-order valence-electron chi connectivity index (χ2n) is 10.1. The van der Waals surface area contributed by atoms with Crippen LogP contribution in [0.15, 0.2) is 61.2 Å². The highest BCUT2D eigenvalue weighted by Gasteiger charge is 2.45. The third-order valence-electron chi connectivity index (χ3n) is 7.92. The first-order valence-electron chi connectivity index (χ1n) is 12.8. The summed E-state index contributed by atoms with van der Waals surface area (Å²) in [5.41, 5.74) is 3.20. The zero-order chi connectivity index (χ0) is 23.5. The second kappa shape index (κ2) is 10.3. The van der Waals surface area contributed by atoms with Gasteiger partial charge in [0.2, 0.25) is 0 Å². The Balaban J connectivity index is 1.37. The zero-order valence-electron chi connectivity index (χ0n) is 20.3. The van der Waals surface area contributed by atoms with E-state index < -0.39 is 0 Å². The van der Waals surface area contributed by atoms with Crippen LogP contribution < -0.4 is 10.1 Å². The number of fused-ring (bicyclic) bond motifs is 2. The number of nitrogens with zero attached hydrogens (tertiary/aromatic N) is 2. The maximum atomic E-state index is 12.8. The molecule has 3 saturated heterocycles. The summed E-state index contributed by atoms with van der Waals surface area (Å²) in [6.45, 7) is 6.98. The highest BCUT2D eigenvalue weighted by atomic mass is 16.5. The Morgan fingerprint density at radius 1 is 1.09 bits per heavy atom. The molecule has 1 amide bonds. The Morgan fingerprint density at radius 2 is 1.82 bits per heavy atom. The quantitative estimate of drug-likeness (QED) is 0.577. The van der Waals surface area contributed by atoms with E-state index in [1.165, 1.54) is 36.8 Å². The lowest BCUT2D eigenvalue weighted by Gasteiger charge is -2.57. The fourth-order valence-electron chi connectivity index (χ4n) is 6.14. The zero-order valence-corrected chi connectivity index (χ0v) is 20.3. The minimum absolute atomic E-state index is 0.0515. The predicted molar refractivity (Wildman–Crippen MR) is 136 cm³/mol. The summed E-state index contributed by atoms with van der Waals surface area (Å²) in [4.78, 5) is 18.0. The van der Waals surface area contributed by atoms with Crippen LogP contribution in [0, 0.1) is 0 Å². The molecule has 2 aromatic rings. The van der Waals surface area contributed by atoms with E-state index in [0.717, 1.165) is 43.8 Å². The van der Waals surface area contributed by atoms with Gasteiger partial charge < -0.3 is 10.1 Å². The van der Waals surface area contributed by atoms with Crippen molar-refractivity contribution in [2.75, 3.05) is 26.7 Å². The fourth-order valence-corrected chi connectivity index (χ4v) is 6.14. The lowest BCUT2D eigenvalue weighted by Crippen LogP contribution is -2.68. The van der Waals surface area contributed by atoms with Gasteiger partial charge in [-0.05, 0) is 54.7 Å². The first-order valence-corrected chi connectivity index (χ1v) is 12.8. The number of hydrogen-bond acceptors (Lipinski definition) is 4. The Bertz CT molecular complexity index is 987. The highest BCUT2D eigenvalue weighted by molar-refractivity contribution is 5.94. The summed E-state index contributed by atoms with van der Waals surface area (Å²) in [6.07, 6.45) is 9.21. The molecule has 1 aliphatic carbocycles. The molecule has 1 N–H and O–H groups in total. The third kappa shape index (κ3) is 4.77. The number of amides is 1. The van der Waals surface area contributed by atoms with Crippen molar-refractivity contribution in [3.05, 3.63) is 77.9 Å². The van der Waals surface area contributed by atoms with Crippen LogP contribution in [0.2, 0.25) is 0 Å². The molecular weight excluding hydrogens is 422 g/mol. The van der Waals surface area contributed by atoms with E-state index in [-0.39, 0.29) is 11.9 Å². The summed E-state index contributed by atoms with van der Waals surface area (Å²) in [5.74, 6) is 0.928. The van der Waals surface area contributed by atoms with Crippen LogP contribution in [0.1, 0.15) is 66.1 Å². The molecule has 0 radical (unpaired) electrons. The number of ether oxygens (including phenoxy) is 1. The first-order chi connectivity index (χ1) is 16.7. The molecule has 180 valence electrons. The molecule has 0 aromatic heterocycles. The molecule has 34 heavy (non-hydrogen) atoms. The lowest BCUT2D eigenvalue weighted by atomic mass is 9.84. The minimum Gasteiger partial charge on any atom is -0.497 e. The molecule has 6 rings (SSSR count). The summed E-state index contributed by atoms with van der Waals surface area (Å²) in [5, 5.41) is 3.24. The SMILES string of the molecule is C=CCN1C2CC1CN(C(c1ccc(C(=O)NC3CCCCC3)cc1)c1cccc(OC)c1)C2. The normalized spacial score (nSPS) is 24.1. The molecule has 1 saturated carbocycles. The molecule has 5 heteroatoms. The van der Waals surface area contributed by atoms with Crippen LogP contribution in [0.25, 0.3) is 0 Å². The number of carbonyl (C=O) groups is 1. The van der Waals surface area contributed by atoms with Crippen LogP contribution in [-0.2, 0) is 0 Å². The molecule has 3 unspecified atom stereocenters. The van der Waals surface area contributed by atoms with Crippen molar-refractivity contribution < 1.29 is 9.53 Å². The van der Waals surface area contributed by atoms with Crippen molar-refractivity contribution in [2.24, 2.45) is 0 Å². The number of piperidine rings is 1. The minimum atomic E-state index is 0.0515. The molecule has 3 aliphatic heterocycles. The van der Waals surface area contributed by atoms with Crippen molar-refractivity contribution in [1.29, 1.82) is 0 Å². The molecule has 3 atom stereocenters. The third-order valence-corrected chi connectivity index (χ3v) is 7.92. The second-order valence-corrected chi connectivity index (χ2v) is 10.1. The molecule has 2 aromatic carbocycles. The van der Waals surface area contributed by atoms with E-state index in [1.54, 1.807) is 7.11 Å². The molecular formula is C29H37N3O2. The van der Waals surface area contributed by atoms with Crippen LogP contribution in [0.3, 0.4) is 0 Å². The van der Waals surface area contributed by atoms with Crippen molar-refractivity contribution in [3.63, 3.8) is 0 Å². The van der Waals surface area contributed by atoms with Gasteiger partial charge in [-0.2, -0.15) is 0 Å². The van der Waals surface area contributed by atoms with Gasteiger partial charge in [-0.1, -0.05) is 49.6 Å². The molecule has 3 heterocycles. The fraction of sp³-hybridized carbons (Fsp3) is 0.483. The van der Waals surface area contributed by atoms with Crippen molar-refractivity contribution >= 4 is 5.91 Å². The van der Waals surface area contributed by atoms with Crippen LogP contribution >= 0.6 is 0 Å². The van der Waals surface area contributed by atoms with Crippen molar-refractivity contribution in [3.8, 4) is 5.75 Å². The number of hydrogen-bond donors (Lipinski definition) is 1. The summed E-state index contributed by atoms with van der Waals surface area (Å²) in [6, 6.07) is 18.3. The Hall–Kier alpha value is -2.63. The summed E-state index contributed by atoms with van der Waals surface area (Å²) < 4.78 is 5.54. The predicted octanol–water partition coefficient (Wildman–Crippen LogP) is 4.79. The number of piperazine rings is 1. The van der Waals surface area contributed by atoms with Crippen LogP contribution in [0.5, 0.6) is 5.75 Å². The van der Waals surface area contributed by atoms with Crippen LogP contribution in [0.4, 0.5) is 0 Å². The number of nitrogens with one attached hydrogen (secondary N) is 1. The molecule has 4 aliphatic rings. The van der Waals surface area contributed by atoms with Gasteiger partial charge in [0.25, 0.3) is 5.91 Å². The van der Waals surface area contributed by atoms with Crippen molar-refractivity contribution in [2.45, 2.75) is 62.7 Å². The van der Waals surface area contributed by atoms with E-state index in [1.807, 2.05) is 24.3 Å². The van der Waals surface area contributed by atoms with Gasteiger partial charge in [0, 0.05) is 43.3 Å². The van der Waals surface area contributed by atoms with E-state index in [0.29, 0.717) is 18.1 Å². The molecule has 4 fully saturated rings. The highest BCUT2D eigenvalue weighted by Crippen LogP contribution is 2.39. The Labute approximate surface area is 203 Å². The van der Waals surface area contributed by atoms with E-state index in [4.69, 9.17) is 4.74 Å². The molecule has 2 bridgehead atoms. The van der Waals surface area contributed by atoms with Gasteiger partial charge in [0.1, 0.15) is 5.75 Å². The van der Waals surface area contributed by atoms with Gasteiger partial charge in [0.05, 0.1) is 13.2 Å². The van der Waals surface area contributed by atoms with Crippen LogP contribution in [-0.4, -0.2) is 60.6 Å². The van der Waals surface area contributed by atoms with E-state index >= 15 is 0 Å². The smallest absolute Gasteiger partial charge is 0.251 e. The Morgan fingerprint density at radius 3 is 2.50 bits per heavy atom. The van der Waals surface area contributed by atoms with E-state index in [9.17, 15) is 4.79 Å². The monoisotopic (exact) mass is 459 g/mol. The molecule has 0 spiro atoms. The topological polar surface area (TPSA) is 44.8 Å². The molecule has 5 nitrogen and oxygen atoms in total. The Kier molecular flexibility index (Phi) is 7.02. The number of benzene rings is 2. The van der Waals surface area contributed by atoms with Gasteiger partial charge in [-0.15, -0.1) is 6.58 Å². The standard InChI is InChI=1S/C29H37N3O2/c1-3-16-32-25-18-26(32)20-31(19-25)28(23-8-7-11-27(17-23)34-2)21-12-14-22(15-13-21)29(33)30-24-9-5-4-6-10-24/h3,7-8,11-15,17,24-26,28H,1,4-6,9-10,16,18-20H2,2H3,(H,30,33). The van der Waals surface area contributed by atoms with Gasteiger partial charge in [-0.25, -0.2) is 0 Å². The number of methoxy groups -OCH3 is 1. The van der Waals surface area contributed by atoms with Crippen molar-refractivity contribution in [1.82, 2.24) is 15.1 Å². The van der Waals surface area contributed by atoms with Gasteiger partial charge in [0.15, 0.2) is 0 Å². The lowest BCUT2D eigenvalue weighted by molar-refractivity contribution is -0.0706. The number of carbonyl (C=O) groups excluding carboxylic acids is 1. The average Bonchev–Trinajstić information content (AvgIpc) is 2.88. The largest absolute Gasteiger partial charge is 0.497 e. The van der Waals surface area contributed by atoms with Gasteiger partial charge in [-0.3, -0.25) is 14.6 Å². The average molecular weight is 460 g/mol. The summed E-state index contributed by atoms with van der Waals surface area (Å²) in [7, 11) is 1.72. The number of rotatable bonds is 8. The first kappa shape index (κ1) is 23.1. The maximum absolute atomic E-state index is 12.8. The summed E-state index contributed by atoms with van der Waals surface area (Å²) >= 11 is 0. The van der Waals surface area contributed by atoms with Gasteiger partial charge >= 0.3 is 0 Å². The van der Waals surface area contributed by atoms with E-state index in [2.05, 4.69) is 52.0 Å². The maximum Gasteiger partial charge on any atom is 0.251 e.